The summed E-state index contributed by atoms with van der Waals surface area (Å²) in [5.41, 5.74) is 0. The Kier molecular flexibility index (Phi) is 3.78. The first-order chi connectivity index (χ1) is 9.10. The van der Waals surface area contributed by atoms with Crippen molar-refractivity contribution in [1.82, 2.24) is 0 Å². The fourth-order valence-electron chi connectivity index (χ4n) is 1.79. The fourth-order valence-corrected chi connectivity index (χ4v) is 2.99. The van der Waals surface area contributed by atoms with Crippen molar-refractivity contribution >= 4 is 30.7 Å². The second-order valence-electron chi connectivity index (χ2n) is 6.67. The summed E-state index contributed by atoms with van der Waals surface area (Å²) in [6.07, 6.45) is 0. The van der Waals surface area contributed by atoms with Crippen molar-refractivity contribution in [2.45, 2.75) is 38.9 Å². The summed E-state index contributed by atoms with van der Waals surface area (Å²) in [5.74, 6) is 0.933. The van der Waals surface area contributed by atoms with Crippen LogP contribution in [0.2, 0.25) is 23.2 Å². The van der Waals surface area contributed by atoms with Crippen LogP contribution in [0.1, 0.15) is 20.8 Å². The van der Waals surface area contributed by atoms with E-state index in [-0.39, 0.29) is 10.8 Å². The lowest BCUT2D eigenvalue weighted by Crippen LogP contribution is -2.43. The van der Waals surface area contributed by atoms with Crippen molar-refractivity contribution in [1.29, 1.82) is 0 Å². The molecule has 0 aliphatic rings. The van der Waals surface area contributed by atoms with E-state index < -0.39 is 8.32 Å². The number of fused-ring (bicyclic) bond motifs is 1. The number of phenols is 1. The van der Waals surface area contributed by atoms with E-state index in [9.17, 15) is 5.11 Å². The van der Waals surface area contributed by atoms with Gasteiger partial charge in [-0.2, -0.15) is 0 Å². The summed E-state index contributed by atoms with van der Waals surface area (Å²) in [6.45, 7) is 11.0. The summed E-state index contributed by atoms with van der Waals surface area (Å²) in [4.78, 5) is 0. The van der Waals surface area contributed by atoms with Crippen molar-refractivity contribution in [3.63, 3.8) is 0 Å². The van der Waals surface area contributed by atoms with Crippen LogP contribution in [-0.4, -0.2) is 13.4 Å². The molecule has 0 spiro atoms. The van der Waals surface area contributed by atoms with E-state index in [4.69, 9.17) is 16.0 Å². The molecule has 0 unspecified atom stereocenters. The number of hydrogen-bond acceptors (Lipinski definition) is 2. The molecular weight excluding hydrogens is 288 g/mol. The Labute approximate surface area is 126 Å². The van der Waals surface area contributed by atoms with E-state index in [2.05, 4.69) is 33.9 Å². The van der Waals surface area contributed by atoms with Gasteiger partial charge < -0.3 is 9.53 Å². The van der Waals surface area contributed by atoms with Crippen LogP contribution in [0.4, 0.5) is 0 Å². The molecule has 20 heavy (non-hydrogen) atoms. The van der Waals surface area contributed by atoms with Crippen LogP contribution in [0.15, 0.2) is 30.3 Å². The first-order valence-electron chi connectivity index (χ1n) is 6.71. The average Bonchev–Trinajstić information content (AvgIpc) is 2.28. The zero-order valence-electron chi connectivity index (χ0n) is 12.6. The van der Waals surface area contributed by atoms with Gasteiger partial charge in [-0.05, 0) is 41.7 Å². The lowest BCUT2D eigenvalue weighted by atomic mass is 10.1. The van der Waals surface area contributed by atoms with Crippen molar-refractivity contribution in [3.05, 3.63) is 35.4 Å². The zero-order valence-corrected chi connectivity index (χ0v) is 14.4. The predicted molar refractivity (Wildman–Crippen MR) is 88.4 cm³/mol. The number of phenolic OH excluding ortho intramolecular Hbond substituents is 1. The van der Waals surface area contributed by atoms with Crippen LogP contribution < -0.4 is 4.43 Å². The minimum Gasteiger partial charge on any atom is -0.543 e. The Balaban J connectivity index is 2.57. The van der Waals surface area contributed by atoms with Crippen LogP contribution in [0, 0.1) is 0 Å². The highest BCUT2D eigenvalue weighted by atomic mass is 35.5. The lowest BCUT2D eigenvalue weighted by molar-refractivity contribution is 0.464. The Bertz CT molecular complexity index is 645. The Morgan fingerprint density at radius 1 is 1.10 bits per heavy atom. The van der Waals surface area contributed by atoms with Gasteiger partial charge in [0.05, 0.1) is 0 Å². The van der Waals surface area contributed by atoms with Crippen molar-refractivity contribution in [3.8, 4) is 11.5 Å². The normalized spacial score (nSPS) is 12.7. The molecule has 0 bridgehead atoms. The number of benzene rings is 2. The molecule has 4 heteroatoms. The molecule has 0 aromatic heterocycles. The maximum absolute atomic E-state index is 9.88. The van der Waals surface area contributed by atoms with Gasteiger partial charge >= 0.3 is 0 Å². The smallest absolute Gasteiger partial charge is 0.250 e. The third kappa shape index (κ3) is 2.94. The maximum Gasteiger partial charge on any atom is 0.250 e. The van der Waals surface area contributed by atoms with Gasteiger partial charge in [0.2, 0.25) is 0 Å². The molecule has 0 heterocycles. The van der Waals surface area contributed by atoms with Crippen LogP contribution in [0.3, 0.4) is 0 Å². The van der Waals surface area contributed by atoms with E-state index in [1.807, 2.05) is 18.2 Å². The summed E-state index contributed by atoms with van der Waals surface area (Å²) in [6, 6.07) is 9.01. The Hall–Kier alpha value is -1.19. The number of aromatic hydroxyl groups is 1. The molecule has 0 saturated heterocycles. The topological polar surface area (TPSA) is 29.5 Å². The van der Waals surface area contributed by atoms with Crippen molar-refractivity contribution in [2.24, 2.45) is 0 Å². The van der Waals surface area contributed by atoms with Gasteiger partial charge in [-0.1, -0.05) is 38.4 Å². The second kappa shape index (κ2) is 4.97. The minimum atomic E-state index is -1.96. The molecule has 2 aromatic carbocycles. The van der Waals surface area contributed by atoms with E-state index in [0.29, 0.717) is 10.8 Å². The fraction of sp³-hybridized carbons (Fsp3) is 0.375. The molecule has 0 fully saturated rings. The minimum absolute atomic E-state index is 0.101. The molecule has 0 aliphatic heterocycles. The predicted octanol–water partition coefficient (Wildman–Crippen LogP) is 5.58. The average molecular weight is 309 g/mol. The summed E-state index contributed by atoms with van der Waals surface area (Å²) in [5, 5.41) is 12.5. The van der Waals surface area contributed by atoms with E-state index in [1.165, 1.54) is 0 Å². The summed E-state index contributed by atoms with van der Waals surface area (Å²) >= 11 is 6.08. The van der Waals surface area contributed by atoms with Gasteiger partial charge in [0.25, 0.3) is 8.32 Å². The molecule has 108 valence electrons. The van der Waals surface area contributed by atoms with E-state index in [1.54, 1.807) is 12.1 Å². The number of halogens is 1. The van der Waals surface area contributed by atoms with Crippen LogP contribution in [0.5, 0.6) is 11.5 Å². The number of rotatable bonds is 2. The summed E-state index contributed by atoms with van der Waals surface area (Å²) < 4.78 is 6.34. The Morgan fingerprint density at radius 3 is 2.35 bits per heavy atom. The molecule has 2 rings (SSSR count). The molecule has 0 radical (unpaired) electrons. The van der Waals surface area contributed by atoms with Crippen molar-refractivity contribution in [2.75, 3.05) is 0 Å². The lowest BCUT2D eigenvalue weighted by Gasteiger charge is -2.36. The standard InChI is InChI=1S/C16H21ClO2Si/c1-16(2,3)20(4,5)19-15-10-13(18)8-11-6-7-12(17)9-14(11)15/h6-10,18H,1-5H3. The van der Waals surface area contributed by atoms with E-state index in [0.717, 1.165) is 10.8 Å². The molecule has 0 atom stereocenters. The number of hydrogen-bond donors (Lipinski definition) is 1. The van der Waals surface area contributed by atoms with Crippen molar-refractivity contribution < 1.29 is 9.53 Å². The van der Waals surface area contributed by atoms with Gasteiger partial charge in [0.1, 0.15) is 11.5 Å². The van der Waals surface area contributed by atoms with Gasteiger partial charge in [-0.15, -0.1) is 0 Å². The van der Waals surface area contributed by atoms with E-state index >= 15 is 0 Å². The molecule has 0 aliphatic carbocycles. The second-order valence-corrected chi connectivity index (χ2v) is 11.8. The Morgan fingerprint density at radius 2 is 1.75 bits per heavy atom. The molecular formula is C16H21ClO2Si. The zero-order chi connectivity index (χ0) is 15.1. The molecule has 1 N–H and O–H groups in total. The molecule has 0 amide bonds. The third-order valence-electron chi connectivity index (χ3n) is 4.03. The largest absolute Gasteiger partial charge is 0.543 e. The first kappa shape index (κ1) is 15.2. The monoisotopic (exact) mass is 308 g/mol. The van der Waals surface area contributed by atoms with Gasteiger partial charge in [-0.3, -0.25) is 0 Å². The van der Waals surface area contributed by atoms with Gasteiger partial charge in [-0.25, -0.2) is 0 Å². The molecule has 2 aromatic rings. The van der Waals surface area contributed by atoms with Crippen LogP contribution in [-0.2, 0) is 0 Å². The van der Waals surface area contributed by atoms with Gasteiger partial charge in [0.15, 0.2) is 0 Å². The first-order valence-corrected chi connectivity index (χ1v) is 10.00. The van der Waals surface area contributed by atoms with Crippen LogP contribution in [0.25, 0.3) is 10.8 Å². The summed E-state index contributed by atoms with van der Waals surface area (Å²) in [7, 11) is -1.96. The molecule has 0 saturated carbocycles. The van der Waals surface area contributed by atoms with Gasteiger partial charge in [0, 0.05) is 16.5 Å². The quantitative estimate of drug-likeness (QED) is 0.733. The molecule has 2 nitrogen and oxygen atoms in total. The third-order valence-corrected chi connectivity index (χ3v) is 8.61. The SMILES string of the molecule is CC(C)(C)[Si](C)(C)Oc1cc(O)cc2ccc(Cl)cc12. The van der Waals surface area contributed by atoms with Crippen LogP contribution >= 0.6 is 11.6 Å². The highest BCUT2D eigenvalue weighted by Crippen LogP contribution is 2.40. The maximum atomic E-state index is 9.88. The highest BCUT2D eigenvalue weighted by Gasteiger charge is 2.39. The highest BCUT2D eigenvalue weighted by molar-refractivity contribution is 6.74.